The van der Waals surface area contributed by atoms with Crippen LogP contribution >= 0.6 is 0 Å². The first-order valence-electron chi connectivity index (χ1n) is 8.91. The molecule has 3 aromatic rings. The summed E-state index contributed by atoms with van der Waals surface area (Å²) in [5.74, 6) is 1.53. The number of para-hydroxylation sites is 3. The molecule has 1 aliphatic heterocycles. The van der Waals surface area contributed by atoms with Crippen LogP contribution in [0.4, 0.5) is 0 Å². The number of hydrogen-bond acceptors (Lipinski definition) is 4. The fourth-order valence-electron chi connectivity index (χ4n) is 3.27. The van der Waals surface area contributed by atoms with Crippen molar-refractivity contribution in [3.8, 4) is 5.75 Å². The molecule has 1 atom stereocenters. The Morgan fingerprint density at radius 1 is 1.19 bits per heavy atom. The number of fused-ring (bicyclic) bond motifs is 1. The molecular formula is C20H22N4O2. The fraction of sp³-hybridized carbons (Fsp3) is 0.300. The highest BCUT2D eigenvalue weighted by molar-refractivity contribution is 5.81. The number of amides is 1. The van der Waals surface area contributed by atoms with Crippen molar-refractivity contribution in [3.05, 3.63) is 60.4 Å². The minimum absolute atomic E-state index is 0.00261. The molecule has 0 spiro atoms. The van der Waals surface area contributed by atoms with Gasteiger partial charge in [-0.1, -0.05) is 30.3 Å². The maximum atomic E-state index is 12.5. The summed E-state index contributed by atoms with van der Waals surface area (Å²) in [6.07, 6.45) is 0.973. The van der Waals surface area contributed by atoms with Crippen LogP contribution in [0.15, 0.2) is 54.6 Å². The monoisotopic (exact) mass is 350 g/mol. The maximum absolute atomic E-state index is 12.5. The molecule has 1 aliphatic rings. The summed E-state index contributed by atoms with van der Waals surface area (Å²) in [7, 11) is 0. The first-order valence-corrected chi connectivity index (χ1v) is 8.91. The largest absolute Gasteiger partial charge is 0.486 e. The molecule has 1 fully saturated rings. The Kier molecular flexibility index (Phi) is 4.84. The maximum Gasteiger partial charge on any atom is 0.240 e. The van der Waals surface area contributed by atoms with E-state index >= 15 is 0 Å². The molecule has 134 valence electrons. The molecule has 0 saturated carbocycles. The van der Waals surface area contributed by atoms with Crippen LogP contribution < -0.4 is 15.4 Å². The molecule has 2 heterocycles. The standard InChI is InChI=1S/C20H22N4O2/c25-20(22-15-10-11-21-12-15)13-24-18-9-5-4-8-17(18)23-19(24)14-26-16-6-2-1-3-7-16/h1-9,15,21H,10-14H2,(H,22,25). The van der Waals surface area contributed by atoms with Gasteiger partial charge in [0.05, 0.1) is 11.0 Å². The third kappa shape index (κ3) is 3.70. The summed E-state index contributed by atoms with van der Waals surface area (Å²) in [5.41, 5.74) is 1.81. The van der Waals surface area contributed by atoms with Gasteiger partial charge in [-0.25, -0.2) is 4.98 Å². The first kappa shape index (κ1) is 16.6. The number of rotatable bonds is 6. The number of nitrogens with one attached hydrogen (secondary N) is 2. The Balaban J connectivity index is 1.54. The van der Waals surface area contributed by atoms with Crippen LogP contribution in [0.3, 0.4) is 0 Å². The summed E-state index contributed by atoms with van der Waals surface area (Å²) >= 11 is 0. The lowest BCUT2D eigenvalue weighted by Crippen LogP contribution is -2.38. The van der Waals surface area contributed by atoms with E-state index in [1.54, 1.807) is 0 Å². The number of ether oxygens (including phenoxy) is 1. The van der Waals surface area contributed by atoms with Crippen LogP contribution in [0.2, 0.25) is 0 Å². The third-order valence-electron chi connectivity index (χ3n) is 4.57. The number of carbonyl (C=O) groups excluding carboxylic acids is 1. The summed E-state index contributed by atoms with van der Waals surface area (Å²) in [4.78, 5) is 17.2. The van der Waals surface area contributed by atoms with Gasteiger partial charge in [-0.3, -0.25) is 4.79 Å². The number of carbonyl (C=O) groups is 1. The average molecular weight is 350 g/mol. The van der Waals surface area contributed by atoms with Crippen molar-refractivity contribution in [2.75, 3.05) is 13.1 Å². The Hall–Kier alpha value is -2.86. The highest BCUT2D eigenvalue weighted by Gasteiger charge is 2.19. The van der Waals surface area contributed by atoms with Crippen LogP contribution in [0.1, 0.15) is 12.2 Å². The molecule has 2 aromatic carbocycles. The van der Waals surface area contributed by atoms with E-state index < -0.39 is 0 Å². The third-order valence-corrected chi connectivity index (χ3v) is 4.57. The molecule has 4 rings (SSSR count). The van der Waals surface area contributed by atoms with E-state index in [-0.39, 0.29) is 18.5 Å². The quantitative estimate of drug-likeness (QED) is 0.714. The van der Waals surface area contributed by atoms with E-state index in [4.69, 9.17) is 4.74 Å². The Morgan fingerprint density at radius 2 is 2.00 bits per heavy atom. The first-order chi connectivity index (χ1) is 12.8. The van der Waals surface area contributed by atoms with Crippen molar-refractivity contribution >= 4 is 16.9 Å². The Bertz CT molecular complexity index is 885. The van der Waals surface area contributed by atoms with E-state index in [9.17, 15) is 4.79 Å². The average Bonchev–Trinajstić information content (AvgIpc) is 3.29. The summed E-state index contributed by atoms with van der Waals surface area (Å²) in [6.45, 7) is 2.34. The van der Waals surface area contributed by atoms with Gasteiger partial charge in [-0.2, -0.15) is 0 Å². The second kappa shape index (κ2) is 7.58. The van der Waals surface area contributed by atoms with Crippen LogP contribution in [0, 0.1) is 0 Å². The fourth-order valence-corrected chi connectivity index (χ4v) is 3.27. The topological polar surface area (TPSA) is 68.2 Å². The molecule has 0 bridgehead atoms. The SMILES string of the molecule is O=C(Cn1c(COc2ccccc2)nc2ccccc21)NC1CCNC1. The van der Waals surface area contributed by atoms with Crippen molar-refractivity contribution in [2.24, 2.45) is 0 Å². The van der Waals surface area contributed by atoms with Gasteiger partial charge in [0.2, 0.25) is 5.91 Å². The summed E-state index contributed by atoms with van der Waals surface area (Å²) < 4.78 is 7.79. The van der Waals surface area contributed by atoms with Gasteiger partial charge >= 0.3 is 0 Å². The lowest BCUT2D eigenvalue weighted by atomic mass is 10.2. The van der Waals surface area contributed by atoms with Gasteiger partial charge in [0.25, 0.3) is 0 Å². The molecule has 26 heavy (non-hydrogen) atoms. The molecule has 6 nitrogen and oxygen atoms in total. The molecule has 1 saturated heterocycles. The minimum Gasteiger partial charge on any atom is -0.486 e. The molecule has 2 N–H and O–H groups in total. The summed E-state index contributed by atoms with van der Waals surface area (Å²) in [6, 6.07) is 17.7. The van der Waals surface area contributed by atoms with Gasteiger partial charge < -0.3 is 19.9 Å². The molecule has 1 amide bonds. The summed E-state index contributed by atoms with van der Waals surface area (Å²) in [5, 5.41) is 6.35. The van der Waals surface area contributed by atoms with Crippen molar-refractivity contribution in [3.63, 3.8) is 0 Å². The number of aromatic nitrogens is 2. The number of benzene rings is 2. The number of nitrogens with zero attached hydrogens (tertiary/aromatic N) is 2. The van der Waals surface area contributed by atoms with E-state index in [2.05, 4.69) is 15.6 Å². The van der Waals surface area contributed by atoms with Crippen molar-refractivity contribution in [2.45, 2.75) is 25.6 Å². The van der Waals surface area contributed by atoms with Crippen molar-refractivity contribution < 1.29 is 9.53 Å². The van der Waals surface area contributed by atoms with Crippen LogP contribution in [0.5, 0.6) is 5.75 Å². The zero-order valence-corrected chi connectivity index (χ0v) is 14.5. The molecular weight excluding hydrogens is 328 g/mol. The zero-order valence-electron chi connectivity index (χ0n) is 14.5. The lowest BCUT2D eigenvalue weighted by molar-refractivity contribution is -0.122. The highest BCUT2D eigenvalue weighted by atomic mass is 16.5. The predicted molar refractivity (Wildman–Crippen MR) is 99.9 cm³/mol. The van der Waals surface area contributed by atoms with Crippen molar-refractivity contribution in [1.82, 2.24) is 20.2 Å². The molecule has 1 unspecified atom stereocenters. The Morgan fingerprint density at radius 3 is 2.81 bits per heavy atom. The number of hydrogen-bond donors (Lipinski definition) is 2. The van der Waals surface area contributed by atoms with Gasteiger partial charge in [-0.05, 0) is 37.2 Å². The smallest absolute Gasteiger partial charge is 0.240 e. The molecule has 6 heteroatoms. The van der Waals surface area contributed by atoms with E-state index in [0.29, 0.717) is 6.61 Å². The van der Waals surface area contributed by atoms with Crippen LogP contribution in [0.25, 0.3) is 11.0 Å². The van der Waals surface area contributed by atoms with Crippen molar-refractivity contribution in [1.29, 1.82) is 0 Å². The van der Waals surface area contributed by atoms with Gasteiger partial charge in [0.1, 0.15) is 24.7 Å². The van der Waals surface area contributed by atoms with Crippen LogP contribution in [-0.2, 0) is 17.9 Å². The number of imidazole rings is 1. The minimum atomic E-state index is 0.00261. The normalized spacial score (nSPS) is 16.7. The Labute approximate surface area is 152 Å². The van der Waals surface area contributed by atoms with Crippen LogP contribution in [-0.4, -0.2) is 34.6 Å². The highest BCUT2D eigenvalue weighted by Crippen LogP contribution is 2.18. The zero-order chi connectivity index (χ0) is 17.8. The second-order valence-corrected chi connectivity index (χ2v) is 6.46. The van der Waals surface area contributed by atoms with Gasteiger partial charge in [0, 0.05) is 12.6 Å². The molecule has 0 aliphatic carbocycles. The molecule has 0 radical (unpaired) electrons. The van der Waals surface area contributed by atoms with E-state index in [0.717, 1.165) is 42.1 Å². The lowest BCUT2D eigenvalue weighted by Gasteiger charge is -2.14. The van der Waals surface area contributed by atoms with Gasteiger partial charge in [-0.15, -0.1) is 0 Å². The molecule has 1 aromatic heterocycles. The second-order valence-electron chi connectivity index (χ2n) is 6.46. The van der Waals surface area contributed by atoms with E-state index in [1.165, 1.54) is 0 Å². The van der Waals surface area contributed by atoms with Gasteiger partial charge in [0.15, 0.2) is 0 Å². The van der Waals surface area contributed by atoms with E-state index in [1.807, 2.05) is 59.2 Å². The predicted octanol–water partition coefficient (Wildman–Crippen LogP) is 2.09.